The number of benzene rings is 2. The van der Waals surface area contributed by atoms with E-state index < -0.39 is 12.1 Å². The van der Waals surface area contributed by atoms with Gasteiger partial charge in [-0.25, -0.2) is 0 Å². The van der Waals surface area contributed by atoms with Crippen LogP contribution >= 0.6 is 0 Å². The number of anilines is 1. The molecule has 0 unspecified atom stereocenters. The number of hydrogen-bond acceptors (Lipinski definition) is 2. The molecule has 2 aromatic carbocycles. The van der Waals surface area contributed by atoms with Gasteiger partial charge in [-0.2, -0.15) is 13.2 Å². The second-order valence-corrected chi connectivity index (χ2v) is 5.68. The molecule has 2 rings (SSSR count). The smallest absolute Gasteiger partial charge is 0.471 e. The topological polar surface area (TPSA) is 29.5 Å². The zero-order chi connectivity index (χ0) is 18.4. The number of carbonyl (C=O) groups excluding carboxylic acids is 1. The Morgan fingerprint density at radius 2 is 1.80 bits per heavy atom. The van der Waals surface area contributed by atoms with Crippen LogP contribution in [0.4, 0.5) is 18.9 Å². The molecule has 0 aromatic heterocycles. The average molecular weight is 351 g/mol. The van der Waals surface area contributed by atoms with Crippen molar-refractivity contribution in [1.82, 2.24) is 0 Å². The number of alkyl halides is 3. The first-order valence-corrected chi connectivity index (χ1v) is 7.97. The first-order valence-electron chi connectivity index (χ1n) is 7.97. The highest BCUT2D eigenvalue weighted by atomic mass is 19.4. The Labute approximate surface area is 145 Å². The molecule has 0 N–H and O–H groups in total. The Kier molecular flexibility index (Phi) is 6.07. The lowest BCUT2D eigenvalue weighted by atomic mass is 10.1. The van der Waals surface area contributed by atoms with Crippen molar-refractivity contribution in [2.75, 3.05) is 11.9 Å². The minimum atomic E-state index is -4.90. The molecule has 0 saturated heterocycles. The van der Waals surface area contributed by atoms with E-state index in [1.165, 1.54) is 6.07 Å². The fraction of sp³-hybridized carbons (Fsp3) is 0.316. The number of hydrogen-bond donors (Lipinski definition) is 0. The summed E-state index contributed by atoms with van der Waals surface area (Å²) in [5, 5.41) is 0. The van der Waals surface area contributed by atoms with Gasteiger partial charge in [0, 0.05) is 12.7 Å². The van der Waals surface area contributed by atoms with Gasteiger partial charge in [-0.05, 0) is 35.7 Å². The van der Waals surface area contributed by atoms with E-state index >= 15 is 0 Å². The van der Waals surface area contributed by atoms with Crippen molar-refractivity contribution in [2.45, 2.75) is 32.5 Å². The summed E-state index contributed by atoms with van der Waals surface area (Å²) >= 11 is 0. The largest absolute Gasteiger partial charge is 0.489 e. The predicted molar refractivity (Wildman–Crippen MR) is 90.7 cm³/mol. The van der Waals surface area contributed by atoms with Gasteiger partial charge in [0.25, 0.3) is 0 Å². The van der Waals surface area contributed by atoms with Gasteiger partial charge in [-0.1, -0.05) is 43.7 Å². The van der Waals surface area contributed by atoms with E-state index in [1.54, 1.807) is 12.1 Å². The van der Waals surface area contributed by atoms with Gasteiger partial charge in [0.2, 0.25) is 0 Å². The SMILES string of the molecule is CCCc1cc(N(C)C(=O)C(F)(F)F)ccc1OCc1ccccc1. The maximum absolute atomic E-state index is 12.6. The standard InChI is InChI=1S/C19H20F3NO2/c1-3-7-15-12-16(23(2)18(24)19(20,21)22)10-11-17(15)25-13-14-8-5-4-6-9-14/h4-6,8-12H,3,7,13H2,1-2H3. The van der Waals surface area contributed by atoms with Crippen LogP contribution in [0.3, 0.4) is 0 Å². The van der Waals surface area contributed by atoms with Gasteiger partial charge in [-0.3, -0.25) is 4.79 Å². The van der Waals surface area contributed by atoms with Gasteiger partial charge in [-0.15, -0.1) is 0 Å². The molecule has 0 spiro atoms. The fourth-order valence-corrected chi connectivity index (χ4v) is 2.42. The molecule has 0 saturated carbocycles. The second-order valence-electron chi connectivity index (χ2n) is 5.68. The number of amides is 1. The Morgan fingerprint density at radius 1 is 1.12 bits per heavy atom. The molecule has 1 amide bonds. The molecule has 3 nitrogen and oxygen atoms in total. The number of aryl methyl sites for hydroxylation is 1. The Hall–Kier alpha value is -2.50. The lowest BCUT2D eigenvalue weighted by Crippen LogP contribution is -2.38. The lowest BCUT2D eigenvalue weighted by molar-refractivity contribution is -0.170. The summed E-state index contributed by atoms with van der Waals surface area (Å²) in [6.45, 7) is 2.34. The summed E-state index contributed by atoms with van der Waals surface area (Å²) in [6.07, 6.45) is -3.45. The zero-order valence-corrected chi connectivity index (χ0v) is 14.1. The van der Waals surface area contributed by atoms with E-state index in [1.807, 2.05) is 37.3 Å². The van der Waals surface area contributed by atoms with Crippen LogP contribution in [0.25, 0.3) is 0 Å². The molecule has 0 radical (unpaired) electrons. The molecule has 2 aromatic rings. The molecular formula is C19H20F3NO2. The predicted octanol–water partition coefficient (Wildman–Crippen LogP) is 4.74. The third kappa shape index (κ3) is 4.98. The molecule has 0 bridgehead atoms. The highest BCUT2D eigenvalue weighted by Gasteiger charge is 2.41. The summed E-state index contributed by atoms with van der Waals surface area (Å²) in [7, 11) is 1.12. The molecular weight excluding hydrogens is 331 g/mol. The summed E-state index contributed by atoms with van der Waals surface area (Å²) < 4.78 is 43.6. The third-order valence-corrected chi connectivity index (χ3v) is 3.74. The number of ether oxygens (including phenoxy) is 1. The van der Waals surface area contributed by atoms with Crippen LogP contribution < -0.4 is 9.64 Å². The molecule has 0 fully saturated rings. The number of nitrogens with zero attached hydrogens (tertiary/aromatic N) is 1. The minimum Gasteiger partial charge on any atom is -0.489 e. The monoisotopic (exact) mass is 351 g/mol. The van der Waals surface area contributed by atoms with Gasteiger partial charge >= 0.3 is 12.1 Å². The van der Waals surface area contributed by atoms with Crippen LogP contribution in [0.5, 0.6) is 5.75 Å². The van der Waals surface area contributed by atoms with E-state index in [2.05, 4.69) is 0 Å². The Bertz CT molecular complexity index is 714. The fourth-order valence-electron chi connectivity index (χ4n) is 2.42. The minimum absolute atomic E-state index is 0.192. The van der Waals surface area contributed by atoms with Gasteiger partial charge < -0.3 is 9.64 Å². The maximum atomic E-state index is 12.6. The molecule has 0 aliphatic rings. The highest BCUT2D eigenvalue weighted by Crippen LogP contribution is 2.29. The van der Waals surface area contributed by atoms with Crippen LogP contribution in [-0.4, -0.2) is 19.1 Å². The molecule has 0 aliphatic carbocycles. The van der Waals surface area contributed by atoms with Crippen molar-refractivity contribution >= 4 is 11.6 Å². The highest BCUT2D eigenvalue weighted by molar-refractivity contribution is 5.96. The van der Waals surface area contributed by atoms with Crippen LogP contribution in [-0.2, 0) is 17.8 Å². The molecule has 6 heteroatoms. The van der Waals surface area contributed by atoms with E-state index in [-0.39, 0.29) is 5.69 Å². The first kappa shape index (κ1) is 18.8. The van der Waals surface area contributed by atoms with Gasteiger partial charge in [0.15, 0.2) is 0 Å². The van der Waals surface area contributed by atoms with Gasteiger partial charge in [0.1, 0.15) is 12.4 Å². The van der Waals surface area contributed by atoms with Crippen molar-refractivity contribution in [3.05, 3.63) is 59.7 Å². The van der Waals surface area contributed by atoms with E-state index in [0.717, 1.165) is 24.6 Å². The van der Waals surface area contributed by atoms with E-state index in [0.29, 0.717) is 23.7 Å². The maximum Gasteiger partial charge on any atom is 0.471 e. The zero-order valence-electron chi connectivity index (χ0n) is 14.1. The summed E-state index contributed by atoms with van der Waals surface area (Å²) in [5.41, 5.74) is 1.97. The Balaban J connectivity index is 2.20. The van der Waals surface area contributed by atoms with Crippen molar-refractivity contribution < 1.29 is 22.7 Å². The molecule has 0 aliphatic heterocycles. The quantitative estimate of drug-likeness (QED) is 0.752. The van der Waals surface area contributed by atoms with E-state index in [9.17, 15) is 18.0 Å². The van der Waals surface area contributed by atoms with Crippen molar-refractivity contribution in [1.29, 1.82) is 0 Å². The number of halogens is 3. The lowest BCUT2D eigenvalue weighted by Gasteiger charge is -2.21. The van der Waals surface area contributed by atoms with Crippen LogP contribution in [0.15, 0.2) is 48.5 Å². The summed E-state index contributed by atoms with van der Waals surface area (Å²) in [6, 6.07) is 14.3. The van der Waals surface area contributed by atoms with Crippen molar-refractivity contribution in [3.8, 4) is 5.75 Å². The first-order chi connectivity index (χ1) is 11.8. The van der Waals surface area contributed by atoms with E-state index in [4.69, 9.17) is 4.74 Å². The van der Waals surface area contributed by atoms with Crippen LogP contribution in [0, 0.1) is 0 Å². The number of rotatable bonds is 6. The van der Waals surface area contributed by atoms with Crippen molar-refractivity contribution in [2.24, 2.45) is 0 Å². The molecule has 0 heterocycles. The molecule has 134 valence electrons. The molecule has 0 atom stereocenters. The molecule has 25 heavy (non-hydrogen) atoms. The Morgan fingerprint density at radius 3 is 2.40 bits per heavy atom. The summed E-state index contributed by atoms with van der Waals surface area (Å²) in [4.78, 5) is 12.0. The second kappa shape index (κ2) is 8.05. The number of carbonyl (C=O) groups is 1. The van der Waals surface area contributed by atoms with Crippen molar-refractivity contribution in [3.63, 3.8) is 0 Å². The third-order valence-electron chi connectivity index (χ3n) is 3.74. The van der Waals surface area contributed by atoms with Crippen LogP contribution in [0.2, 0.25) is 0 Å². The van der Waals surface area contributed by atoms with Gasteiger partial charge in [0.05, 0.1) is 0 Å². The normalized spacial score (nSPS) is 11.2. The average Bonchev–Trinajstić information content (AvgIpc) is 2.59. The van der Waals surface area contributed by atoms with Crippen LogP contribution in [0.1, 0.15) is 24.5 Å². The summed E-state index contributed by atoms with van der Waals surface area (Å²) in [5.74, 6) is -1.28.